The van der Waals surface area contributed by atoms with E-state index in [2.05, 4.69) is 4.98 Å². The lowest BCUT2D eigenvalue weighted by Gasteiger charge is -2.37. The van der Waals surface area contributed by atoms with Gasteiger partial charge in [0.1, 0.15) is 5.75 Å². The van der Waals surface area contributed by atoms with Gasteiger partial charge in [-0.05, 0) is 92.6 Å². The second kappa shape index (κ2) is 12.1. The molecule has 3 aromatic rings. The number of hydrogen-bond acceptors (Lipinski definition) is 5. The fourth-order valence-corrected chi connectivity index (χ4v) is 5.50. The molecule has 0 amide bonds. The molecule has 2 N–H and O–H groups in total. The molecule has 4 rings (SSSR count). The van der Waals surface area contributed by atoms with Crippen LogP contribution in [0.1, 0.15) is 48.5 Å². The number of aromatic nitrogens is 1. The summed E-state index contributed by atoms with van der Waals surface area (Å²) >= 11 is 0. The van der Waals surface area contributed by atoms with E-state index in [9.17, 15) is 28.2 Å². The number of rotatable bonds is 10. The van der Waals surface area contributed by atoms with Crippen molar-refractivity contribution in [1.82, 2.24) is 9.88 Å². The Hall–Kier alpha value is -3.17. The van der Waals surface area contributed by atoms with Crippen LogP contribution in [0.25, 0.3) is 10.9 Å². The molecule has 1 unspecified atom stereocenters. The van der Waals surface area contributed by atoms with Gasteiger partial charge >= 0.3 is 12.1 Å². The van der Waals surface area contributed by atoms with Crippen molar-refractivity contribution in [2.24, 2.45) is 11.8 Å². The predicted molar refractivity (Wildman–Crippen MR) is 138 cm³/mol. The van der Waals surface area contributed by atoms with Crippen LogP contribution in [-0.2, 0) is 17.4 Å². The first-order valence-corrected chi connectivity index (χ1v) is 12.9. The smallest absolute Gasteiger partial charge is 0.416 e. The third-order valence-corrected chi connectivity index (χ3v) is 7.55. The Balaban J connectivity index is 1.34. The summed E-state index contributed by atoms with van der Waals surface area (Å²) < 4.78 is 45.1. The van der Waals surface area contributed by atoms with Crippen molar-refractivity contribution in [3.8, 4) is 5.75 Å². The van der Waals surface area contributed by atoms with E-state index in [1.54, 1.807) is 25.4 Å². The molecule has 1 aliphatic heterocycles. The van der Waals surface area contributed by atoms with E-state index in [1.807, 2.05) is 23.1 Å². The maximum Gasteiger partial charge on any atom is 0.416 e. The molecule has 0 saturated carbocycles. The number of aliphatic carboxylic acids is 1. The lowest BCUT2D eigenvalue weighted by atomic mass is 9.81. The van der Waals surface area contributed by atoms with Gasteiger partial charge in [-0.15, -0.1) is 0 Å². The summed E-state index contributed by atoms with van der Waals surface area (Å²) in [6.07, 6.45) is -1.08. The normalized spacial score (nSPS) is 19.4. The molecule has 2 heterocycles. The van der Waals surface area contributed by atoms with Crippen LogP contribution < -0.4 is 4.74 Å². The number of hydrogen-bond donors (Lipinski definition) is 2. The number of aryl methyl sites for hydroxylation is 1. The van der Waals surface area contributed by atoms with Gasteiger partial charge < -0.3 is 19.8 Å². The number of aliphatic hydroxyl groups is 1. The predicted octanol–water partition coefficient (Wildman–Crippen LogP) is 5.73. The first-order chi connectivity index (χ1) is 18.2. The Kier molecular flexibility index (Phi) is 8.89. The first-order valence-electron chi connectivity index (χ1n) is 12.9. The number of carbonyl (C=O) groups is 1. The lowest BCUT2D eigenvalue weighted by Crippen LogP contribution is -2.44. The molecule has 3 atom stereocenters. The van der Waals surface area contributed by atoms with Gasteiger partial charge in [0, 0.05) is 18.1 Å². The number of methoxy groups -OCH3 is 1. The number of halogens is 3. The molecular weight excluding hydrogens is 497 g/mol. The van der Waals surface area contributed by atoms with Gasteiger partial charge in [0.15, 0.2) is 0 Å². The summed E-state index contributed by atoms with van der Waals surface area (Å²) in [5.74, 6) is -0.894. The molecule has 0 aliphatic carbocycles. The second-order valence-corrected chi connectivity index (χ2v) is 9.93. The summed E-state index contributed by atoms with van der Waals surface area (Å²) in [7, 11) is 1.58. The molecule has 38 heavy (non-hydrogen) atoms. The van der Waals surface area contributed by atoms with Crippen molar-refractivity contribution in [3.05, 3.63) is 71.4 Å². The summed E-state index contributed by atoms with van der Waals surface area (Å²) in [6.45, 7) is 1.57. The highest BCUT2D eigenvalue weighted by Gasteiger charge is 2.35. The van der Waals surface area contributed by atoms with Crippen LogP contribution in [0.3, 0.4) is 0 Å². The number of piperidine rings is 1. The van der Waals surface area contributed by atoms with Crippen molar-refractivity contribution >= 4 is 16.9 Å². The number of benzene rings is 2. The van der Waals surface area contributed by atoms with Crippen LogP contribution >= 0.6 is 0 Å². The van der Waals surface area contributed by atoms with E-state index in [4.69, 9.17) is 4.74 Å². The van der Waals surface area contributed by atoms with Gasteiger partial charge in [-0.1, -0.05) is 18.2 Å². The monoisotopic (exact) mass is 530 g/mol. The van der Waals surface area contributed by atoms with Crippen molar-refractivity contribution in [2.75, 3.05) is 26.7 Å². The molecule has 9 heteroatoms. The van der Waals surface area contributed by atoms with Gasteiger partial charge in [0.2, 0.25) is 0 Å². The van der Waals surface area contributed by atoms with E-state index in [1.165, 1.54) is 12.1 Å². The number of alkyl halides is 3. The first kappa shape index (κ1) is 27.9. The molecule has 0 spiro atoms. The van der Waals surface area contributed by atoms with Crippen LogP contribution in [0.2, 0.25) is 0 Å². The number of ether oxygens (including phenoxy) is 1. The number of aliphatic hydroxyl groups excluding tert-OH is 1. The Morgan fingerprint density at radius 1 is 1.21 bits per heavy atom. The van der Waals surface area contributed by atoms with Crippen LogP contribution in [0.15, 0.2) is 54.7 Å². The summed E-state index contributed by atoms with van der Waals surface area (Å²) in [5.41, 5.74) is 1.13. The van der Waals surface area contributed by atoms with Crippen LogP contribution in [0.4, 0.5) is 13.2 Å². The van der Waals surface area contributed by atoms with E-state index in [-0.39, 0.29) is 17.9 Å². The second-order valence-electron chi connectivity index (χ2n) is 9.93. The summed E-state index contributed by atoms with van der Waals surface area (Å²) in [6, 6.07) is 12.9. The van der Waals surface area contributed by atoms with E-state index < -0.39 is 29.7 Å². The topological polar surface area (TPSA) is 82.9 Å². The molecule has 0 radical (unpaired) electrons. The Morgan fingerprint density at radius 3 is 2.74 bits per heavy atom. The number of pyridine rings is 1. The third-order valence-electron chi connectivity index (χ3n) is 7.55. The van der Waals surface area contributed by atoms with Gasteiger partial charge in [-0.2, -0.15) is 13.2 Å². The third kappa shape index (κ3) is 6.63. The molecule has 1 saturated heterocycles. The van der Waals surface area contributed by atoms with Crippen LogP contribution in [-0.4, -0.2) is 52.8 Å². The molecular formula is C29H33F3N2O4. The van der Waals surface area contributed by atoms with Crippen LogP contribution in [0, 0.1) is 11.8 Å². The minimum atomic E-state index is -4.39. The minimum absolute atomic E-state index is 0.0907. The van der Waals surface area contributed by atoms with E-state index >= 15 is 0 Å². The minimum Gasteiger partial charge on any atom is -0.497 e. The number of fused-ring (bicyclic) bond motifs is 1. The van der Waals surface area contributed by atoms with Gasteiger partial charge in [0.25, 0.3) is 0 Å². The highest BCUT2D eigenvalue weighted by Crippen LogP contribution is 2.35. The Labute approximate surface area is 220 Å². The molecule has 1 aromatic heterocycles. The Morgan fingerprint density at radius 2 is 2.00 bits per heavy atom. The van der Waals surface area contributed by atoms with Crippen molar-refractivity contribution in [3.63, 3.8) is 0 Å². The number of nitrogens with zero attached hydrogens (tertiary/aromatic N) is 2. The summed E-state index contributed by atoms with van der Waals surface area (Å²) in [5, 5.41) is 21.7. The zero-order valence-electron chi connectivity index (χ0n) is 21.3. The van der Waals surface area contributed by atoms with Gasteiger partial charge in [0.05, 0.1) is 30.2 Å². The van der Waals surface area contributed by atoms with E-state index in [0.29, 0.717) is 51.1 Å². The van der Waals surface area contributed by atoms with Gasteiger partial charge in [-0.25, -0.2) is 0 Å². The maximum absolute atomic E-state index is 13.3. The molecule has 1 aliphatic rings. The largest absolute Gasteiger partial charge is 0.497 e. The Bertz CT molecular complexity index is 1250. The SMILES string of the molecule is COc1ccc2nccc(C(O)CC[C@@H]3CCN(CCCc4ccccc4C(F)(F)F)C[C@@H]3C(=O)O)c2c1. The molecule has 204 valence electrons. The fourth-order valence-electron chi connectivity index (χ4n) is 5.50. The zero-order valence-corrected chi connectivity index (χ0v) is 21.3. The van der Waals surface area contributed by atoms with Crippen molar-refractivity contribution in [2.45, 2.75) is 44.4 Å². The summed E-state index contributed by atoms with van der Waals surface area (Å²) in [4.78, 5) is 18.5. The van der Waals surface area contributed by atoms with Crippen LogP contribution in [0.5, 0.6) is 5.75 Å². The fraction of sp³-hybridized carbons (Fsp3) is 0.448. The molecule has 1 fully saturated rings. The zero-order chi connectivity index (χ0) is 27.3. The molecule has 6 nitrogen and oxygen atoms in total. The highest BCUT2D eigenvalue weighted by molar-refractivity contribution is 5.83. The maximum atomic E-state index is 13.3. The standard InChI is InChI=1S/C29H33F3N2O4/c1-38-21-9-10-26-23(17-21)22(12-14-33-26)27(35)11-8-19-13-16-34(18-24(19)28(36)37)15-4-6-20-5-2-3-7-25(20)29(30,31)32/h2-3,5,7,9-10,12,14,17,19,24,27,35H,4,6,8,11,13,15-16,18H2,1H3,(H,36,37)/t19-,24+,27?/m1/s1. The quantitative estimate of drug-likeness (QED) is 0.348. The number of likely N-dealkylation sites (tertiary alicyclic amines) is 1. The number of carboxylic acids is 1. The highest BCUT2D eigenvalue weighted by atomic mass is 19.4. The van der Waals surface area contributed by atoms with Gasteiger partial charge in [-0.3, -0.25) is 9.78 Å². The average Bonchev–Trinajstić information content (AvgIpc) is 2.91. The molecule has 2 aromatic carbocycles. The van der Waals surface area contributed by atoms with E-state index in [0.717, 1.165) is 22.5 Å². The molecule has 0 bridgehead atoms. The van der Waals surface area contributed by atoms with Crippen molar-refractivity contribution < 1.29 is 32.9 Å². The number of carboxylic acid groups (broad SMARTS) is 1. The lowest BCUT2D eigenvalue weighted by molar-refractivity contribution is -0.146. The average molecular weight is 531 g/mol. The van der Waals surface area contributed by atoms with Crippen molar-refractivity contribution in [1.29, 1.82) is 0 Å².